The van der Waals surface area contributed by atoms with Gasteiger partial charge in [0.2, 0.25) is 0 Å². The van der Waals surface area contributed by atoms with Crippen molar-refractivity contribution in [3.8, 4) is 17.6 Å². The summed E-state index contributed by atoms with van der Waals surface area (Å²) < 4.78 is 43.2. The van der Waals surface area contributed by atoms with Gasteiger partial charge >= 0.3 is 0 Å². The lowest BCUT2D eigenvalue weighted by Gasteiger charge is -2.39. The molecular formula is C45H57N8O6P. The lowest BCUT2D eigenvalue weighted by atomic mass is 9.80. The van der Waals surface area contributed by atoms with Crippen molar-refractivity contribution in [2.24, 2.45) is 4.99 Å². The number of hydrogen-bond acceptors (Lipinski definition) is 12. The van der Waals surface area contributed by atoms with Crippen LogP contribution in [0.3, 0.4) is 0 Å². The smallest absolute Gasteiger partial charge is 0.259 e. The van der Waals surface area contributed by atoms with E-state index in [4.69, 9.17) is 33.0 Å². The normalized spacial score (nSPS) is 17.5. The van der Waals surface area contributed by atoms with Gasteiger partial charge in [0, 0.05) is 31.6 Å². The molecule has 0 bridgehead atoms. The summed E-state index contributed by atoms with van der Waals surface area (Å²) in [7, 11) is 1.69. The molecule has 0 saturated carbocycles. The molecule has 1 aliphatic rings. The van der Waals surface area contributed by atoms with E-state index in [0.29, 0.717) is 23.4 Å². The second-order valence-corrected chi connectivity index (χ2v) is 16.3. The van der Waals surface area contributed by atoms with Crippen LogP contribution in [0.4, 0.5) is 5.82 Å². The van der Waals surface area contributed by atoms with Crippen LogP contribution in [0.5, 0.6) is 11.5 Å². The zero-order valence-corrected chi connectivity index (χ0v) is 36.7. The third kappa shape index (κ3) is 9.95. The molecule has 1 fully saturated rings. The fraction of sp³-hybridized carbons (Fsp3) is 0.444. The summed E-state index contributed by atoms with van der Waals surface area (Å²) in [5, 5.41) is 9.42. The van der Waals surface area contributed by atoms with Crippen molar-refractivity contribution < 1.29 is 28.0 Å². The molecule has 0 amide bonds. The Morgan fingerprint density at radius 1 is 0.900 bits per heavy atom. The highest BCUT2D eigenvalue weighted by molar-refractivity contribution is 7.44. The van der Waals surface area contributed by atoms with Gasteiger partial charge in [-0.3, -0.25) is 4.57 Å². The predicted octanol–water partition coefficient (Wildman–Crippen LogP) is 8.80. The third-order valence-electron chi connectivity index (χ3n) is 10.5. The van der Waals surface area contributed by atoms with E-state index in [1.54, 1.807) is 26.9 Å². The standard InChI is InChI=1S/C45H57N8O6P/c1-9-51(10-2)30-50-43-42-44(48-29-47-43)52(31-49-42)41-27-39(59-60(57-26-14-25-46)53(32(3)4)33(5)6)40(58-41)28-56-45(34-15-12-11-13-16-34,35-17-21-37(54-7)22-18-35)36-19-23-38(55-8)24-20-36/h11-13,15-24,29-33,39-41H,9-10,14,26-28H2,1-8H3/b50-30+/t39-,40+,41+,60?/m0/s1. The van der Waals surface area contributed by atoms with Gasteiger partial charge in [0.25, 0.3) is 8.53 Å². The number of nitriles is 1. The number of nitrogens with zero attached hydrogens (tertiary/aromatic N) is 8. The van der Waals surface area contributed by atoms with Gasteiger partial charge in [0.15, 0.2) is 17.0 Å². The molecule has 0 spiro atoms. The van der Waals surface area contributed by atoms with Gasteiger partial charge in [0.05, 0.1) is 58.7 Å². The topological polar surface area (TPSA) is 142 Å². The van der Waals surface area contributed by atoms with Crippen LogP contribution in [-0.4, -0.2) is 100 Å². The molecule has 3 aromatic carbocycles. The van der Waals surface area contributed by atoms with Crippen molar-refractivity contribution in [1.82, 2.24) is 29.1 Å². The van der Waals surface area contributed by atoms with Crippen molar-refractivity contribution in [2.75, 3.05) is 40.5 Å². The molecule has 3 heterocycles. The highest BCUT2D eigenvalue weighted by atomic mass is 31.2. The molecule has 5 aromatic rings. The summed E-state index contributed by atoms with van der Waals surface area (Å²) in [6.07, 6.45) is 4.09. The Hall–Kier alpha value is -5.00. The molecule has 0 aliphatic carbocycles. The molecule has 1 unspecified atom stereocenters. The van der Waals surface area contributed by atoms with Crippen molar-refractivity contribution >= 4 is 31.8 Å². The van der Waals surface area contributed by atoms with E-state index in [1.165, 1.54) is 6.33 Å². The van der Waals surface area contributed by atoms with E-state index in [9.17, 15) is 5.26 Å². The number of aromatic nitrogens is 4. The molecule has 6 rings (SSSR count). The number of aliphatic imine (C=N–C) groups is 1. The zero-order valence-electron chi connectivity index (χ0n) is 35.8. The molecule has 1 aliphatic heterocycles. The number of imidazole rings is 1. The molecule has 0 radical (unpaired) electrons. The average molecular weight is 837 g/mol. The number of ether oxygens (including phenoxy) is 4. The number of rotatable bonds is 21. The average Bonchev–Trinajstić information content (AvgIpc) is 3.89. The summed E-state index contributed by atoms with van der Waals surface area (Å²) in [6, 6.07) is 28.5. The van der Waals surface area contributed by atoms with E-state index in [0.717, 1.165) is 41.3 Å². The van der Waals surface area contributed by atoms with E-state index in [1.807, 2.05) is 71.3 Å². The summed E-state index contributed by atoms with van der Waals surface area (Å²) in [4.78, 5) is 20.6. The lowest BCUT2D eigenvalue weighted by molar-refractivity contribution is -0.0912. The van der Waals surface area contributed by atoms with Crippen LogP contribution >= 0.6 is 8.53 Å². The monoisotopic (exact) mass is 836 g/mol. The minimum atomic E-state index is -1.62. The Labute approximate surface area is 355 Å². The number of hydrogen-bond donors (Lipinski definition) is 0. The Balaban J connectivity index is 1.43. The number of fused-ring (bicyclic) bond motifs is 1. The first-order valence-corrected chi connectivity index (χ1v) is 21.6. The maximum Gasteiger partial charge on any atom is 0.259 e. The quantitative estimate of drug-likeness (QED) is 0.0229. The molecular weight excluding hydrogens is 780 g/mol. The lowest BCUT2D eigenvalue weighted by Crippen LogP contribution is -2.39. The Morgan fingerprint density at radius 2 is 1.52 bits per heavy atom. The first-order chi connectivity index (χ1) is 29.2. The first-order valence-electron chi connectivity index (χ1n) is 20.5. The first kappa shape index (κ1) is 44.5. The van der Waals surface area contributed by atoms with Crippen molar-refractivity contribution in [2.45, 2.75) is 90.5 Å². The molecule has 318 valence electrons. The SMILES string of the molecule is CCN(/C=N/c1ncnc2c1ncn2[C@H]1C[C@H](OP(OCCC#N)N(C(C)C)C(C)C)[C@@H](COC(c2ccccc2)(c2ccc(OC)cc2)c2ccc(OC)cc2)O1)CC. The highest BCUT2D eigenvalue weighted by Gasteiger charge is 2.45. The van der Waals surface area contributed by atoms with Crippen LogP contribution in [0.15, 0.2) is 96.5 Å². The van der Waals surface area contributed by atoms with Crippen molar-refractivity contribution in [3.63, 3.8) is 0 Å². The molecule has 4 atom stereocenters. The molecule has 15 heteroatoms. The molecule has 1 saturated heterocycles. The van der Waals surface area contributed by atoms with Crippen LogP contribution < -0.4 is 9.47 Å². The maximum atomic E-state index is 9.42. The molecule has 0 N–H and O–H groups in total. The summed E-state index contributed by atoms with van der Waals surface area (Å²) in [5.41, 5.74) is 2.79. The van der Waals surface area contributed by atoms with E-state index in [-0.39, 0.29) is 31.7 Å². The van der Waals surface area contributed by atoms with Gasteiger partial charge < -0.3 is 32.9 Å². The van der Waals surface area contributed by atoms with Gasteiger partial charge in [-0.15, -0.1) is 0 Å². The van der Waals surface area contributed by atoms with Gasteiger partial charge in [-0.2, -0.15) is 5.26 Å². The Bertz CT molecular complexity index is 2100. The van der Waals surface area contributed by atoms with E-state index in [2.05, 4.69) is 84.3 Å². The number of benzene rings is 3. The molecule has 14 nitrogen and oxygen atoms in total. The largest absolute Gasteiger partial charge is 0.497 e. The van der Waals surface area contributed by atoms with Gasteiger partial charge in [-0.05, 0) is 82.5 Å². The van der Waals surface area contributed by atoms with Crippen LogP contribution in [0.2, 0.25) is 0 Å². The second-order valence-electron chi connectivity index (χ2n) is 14.9. The summed E-state index contributed by atoms with van der Waals surface area (Å²) in [6.45, 7) is 14.6. The maximum absolute atomic E-state index is 9.42. The fourth-order valence-electron chi connectivity index (χ4n) is 7.49. The van der Waals surface area contributed by atoms with E-state index < -0.39 is 32.6 Å². The Morgan fingerprint density at radius 3 is 2.08 bits per heavy atom. The van der Waals surface area contributed by atoms with Gasteiger partial charge in [-0.25, -0.2) is 24.6 Å². The summed E-state index contributed by atoms with van der Waals surface area (Å²) in [5.74, 6) is 1.93. The van der Waals surface area contributed by atoms with Crippen LogP contribution in [0.1, 0.15) is 77.3 Å². The van der Waals surface area contributed by atoms with E-state index >= 15 is 0 Å². The minimum absolute atomic E-state index is 0.103. The Kier molecular flexibility index (Phi) is 15.6. The predicted molar refractivity (Wildman–Crippen MR) is 233 cm³/mol. The van der Waals surface area contributed by atoms with Gasteiger partial charge in [-0.1, -0.05) is 54.6 Å². The number of methoxy groups -OCH3 is 2. The van der Waals surface area contributed by atoms with Crippen LogP contribution in [0, 0.1) is 11.3 Å². The molecule has 60 heavy (non-hydrogen) atoms. The third-order valence-corrected chi connectivity index (χ3v) is 12.7. The summed E-state index contributed by atoms with van der Waals surface area (Å²) >= 11 is 0. The fourth-order valence-corrected chi connectivity index (χ4v) is 9.25. The second kappa shape index (κ2) is 21.0. The van der Waals surface area contributed by atoms with Crippen LogP contribution in [-0.2, 0) is 24.1 Å². The van der Waals surface area contributed by atoms with Crippen molar-refractivity contribution in [1.29, 1.82) is 5.26 Å². The highest BCUT2D eigenvalue weighted by Crippen LogP contribution is 2.51. The zero-order chi connectivity index (χ0) is 42.6. The van der Waals surface area contributed by atoms with Gasteiger partial charge in [0.1, 0.15) is 35.8 Å². The minimum Gasteiger partial charge on any atom is -0.497 e. The van der Waals surface area contributed by atoms with Crippen LogP contribution in [0.25, 0.3) is 11.2 Å². The van der Waals surface area contributed by atoms with Crippen molar-refractivity contribution in [3.05, 3.63) is 108 Å². The molecule has 2 aromatic heterocycles.